The van der Waals surface area contributed by atoms with E-state index in [0.29, 0.717) is 23.5 Å². The summed E-state index contributed by atoms with van der Waals surface area (Å²) >= 11 is 3.41. The highest BCUT2D eigenvalue weighted by atomic mass is 79.9. The third-order valence-corrected chi connectivity index (χ3v) is 6.17. The maximum atomic E-state index is 14.1. The van der Waals surface area contributed by atoms with E-state index in [1.54, 1.807) is 41.0 Å². The summed E-state index contributed by atoms with van der Waals surface area (Å²) in [6.07, 6.45) is -2.26. The van der Waals surface area contributed by atoms with Gasteiger partial charge in [0.25, 0.3) is 5.91 Å². The Morgan fingerprint density at radius 3 is 2.32 bits per heavy atom. The molecule has 2 aromatic heterocycles. The summed E-state index contributed by atoms with van der Waals surface area (Å²) in [5.41, 5.74) is 1.31. The van der Waals surface area contributed by atoms with Gasteiger partial charge in [0.1, 0.15) is 0 Å². The lowest BCUT2D eigenvalue weighted by Crippen LogP contribution is -2.36. The van der Waals surface area contributed by atoms with Crippen LogP contribution in [0.1, 0.15) is 27.7 Å². The van der Waals surface area contributed by atoms with E-state index in [1.807, 2.05) is 49.3 Å². The fourth-order valence-corrected chi connectivity index (χ4v) is 4.32. The zero-order chi connectivity index (χ0) is 25.9. The minimum Gasteiger partial charge on any atom is -0.342 e. The number of pyridine rings is 1. The fraction of sp³-hybridized carbons (Fsp3) is 0.185. The number of aromatic nitrogens is 2. The van der Waals surface area contributed by atoms with Crippen molar-refractivity contribution in [3.8, 4) is 16.9 Å². The summed E-state index contributed by atoms with van der Waals surface area (Å²) < 4.78 is 44.6. The molecule has 0 spiro atoms. The quantitative estimate of drug-likeness (QED) is 0.257. The molecule has 1 unspecified atom stereocenters. The van der Waals surface area contributed by atoms with Crippen molar-refractivity contribution in [3.05, 3.63) is 106 Å². The molecule has 37 heavy (non-hydrogen) atoms. The van der Waals surface area contributed by atoms with Crippen LogP contribution < -0.4 is 5.32 Å². The van der Waals surface area contributed by atoms with Crippen molar-refractivity contribution in [2.45, 2.75) is 12.2 Å². The minimum absolute atomic E-state index is 0. The summed E-state index contributed by atoms with van der Waals surface area (Å²) in [7, 11) is 3.69. The Bertz CT molecular complexity index is 1340. The van der Waals surface area contributed by atoms with E-state index >= 15 is 0 Å². The molecule has 5 nitrogen and oxygen atoms in total. The first-order valence-electron chi connectivity index (χ1n) is 11.1. The zero-order valence-electron chi connectivity index (χ0n) is 20.0. The average Bonchev–Trinajstić information content (AvgIpc) is 3.29. The number of carbonyl (C=O) groups is 1. The van der Waals surface area contributed by atoms with Crippen LogP contribution in [0.15, 0.2) is 89.7 Å². The largest absolute Gasteiger partial charge is 0.418 e. The van der Waals surface area contributed by atoms with E-state index < -0.39 is 17.8 Å². The second-order valence-electron chi connectivity index (χ2n) is 8.53. The molecule has 0 bridgehead atoms. The molecule has 4 rings (SSSR count). The van der Waals surface area contributed by atoms with Gasteiger partial charge in [-0.1, -0.05) is 46.3 Å². The molecule has 194 valence electrons. The van der Waals surface area contributed by atoms with Crippen LogP contribution in [0.3, 0.4) is 0 Å². The van der Waals surface area contributed by atoms with E-state index in [9.17, 15) is 18.0 Å². The first kappa shape index (κ1) is 28.4. The number of benzene rings is 2. The van der Waals surface area contributed by atoms with E-state index in [4.69, 9.17) is 0 Å². The van der Waals surface area contributed by atoms with Gasteiger partial charge in [0, 0.05) is 28.5 Å². The molecular formula is C27H25BrClF3N4O. The molecule has 1 atom stereocenters. The number of alkyl halides is 3. The normalized spacial score (nSPS) is 12.2. The Hall–Kier alpha value is -3.14. The molecule has 0 aliphatic carbocycles. The topological polar surface area (TPSA) is 50.2 Å². The Balaban J connectivity index is 0.00000380. The molecule has 0 radical (unpaired) electrons. The SMILES string of the molecule is CN(C)CC(NC(=O)c1ccccc1)c1ccc(-c2ccc(Br)cc2)n1-c1cnccc1C(F)(F)F.Cl. The number of nitrogens with zero attached hydrogens (tertiary/aromatic N) is 3. The number of likely N-dealkylation sites (N-methyl/N-ethyl adjacent to an activating group) is 1. The van der Waals surface area contributed by atoms with Crippen LogP contribution >= 0.6 is 28.3 Å². The Morgan fingerprint density at radius 1 is 1.03 bits per heavy atom. The van der Waals surface area contributed by atoms with Crippen molar-refractivity contribution in [1.29, 1.82) is 0 Å². The highest BCUT2D eigenvalue weighted by molar-refractivity contribution is 9.10. The number of amides is 1. The molecule has 0 aliphatic heterocycles. The van der Waals surface area contributed by atoms with E-state index in [0.717, 1.165) is 22.3 Å². The van der Waals surface area contributed by atoms with E-state index in [1.165, 1.54) is 6.20 Å². The molecule has 0 saturated carbocycles. The van der Waals surface area contributed by atoms with Crippen LogP contribution in [0.5, 0.6) is 0 Å². The van der Waals surface area contributed by atoms with Gasteiger partial charge < -0.3 is 14.8 Å². The smallest absolute Gasteiger partial charge is 0.342 e. The van der Waals surface area contributed by atoms with Crippen LogP contribution in [-0.4, -0.2) is 41.0 Å². The van der Waals surface area contributed by atoms with Gasteiger partial charge >= 0.3 is 6.18 Å². The van der Waals surface area contributed by atoms with E-state index in [2.05, 4.69) is 26.2 Å². The number of carbonyl (C=O) groups excluding carboxylic acids is 1. The molecule has 10 heteroatoms. The number of rotatable bonds is 7. The van der Waals surface area contributed by atoms with Crippen molar-refractivity contribution in [2.24, 2.45) is 0 Å². The van der Waals surface area contributed by atoms with Crippen LogP contribution in [-0.2, 0) is 6.18 Å². The second-order valence-corrected chi connectivity index (χ2v) is 9.45. The molecule has 1 amide bonds. The molecule has 2 aromatic carbocycles. The standard InChI is InChI=1S/C27H24BrF3N4O.ClH/c1-34(2)17-22(33-26(36)19-6-4-3-5-7-19)24-13-12-23(18-8-10-20(28)11-9-18)35(24)25-16-32-15-14-21(25)27(29,30)31;/h3-16,22H,17H2,1-2H3,(H,33,36);1H. The Kier molecular flexibility index (Phi) is 9.17. The summed E-state index contributed by atoms with van der Waals surface area (Å²) in [6.45, 7) is 0.365. The van der Waals surface area contributed by atoms with Crippen LogP contribution in [0, 0.1) is 0 Å². The van der Waals surface area contributed by atoms with Crippen LogP contribution in [0.4, 0.5) is 13.2 Å². The maximum Gasteiger partial charge on any atom is 0.418 e. The monoisotopic (exact) mass is 592 g/mol. The van der Waals surface area contributed by atoms with E-state index in [-0.39, 0.29) is 24.0 Å². The summed E-state index contributed by atoms with van der Waals surface area (Å²) in [6, 6.07) is 19.9. The van der Waals surface area contributed by atoms with Crippen molar-refractivity contribution in [2.75, 3.05) is 20.6 Å². The summed E-state index contributed by atoms with van der Waals surface area (Å²) in [5.74, 6) is -0.317. The molecule has 2 heterocycles. The van der Waals surface area contributed by atoms with Gasteiger partial charge in [-0.15, -0.1) is 12.4 Å². The lowest BCUT2D eigenvalue weighted by Gasteiger charge is -2.26. The number of halogens is 5. The number of hydrogen-bond donors (Lipinski definition) is 1. The lowest BCUT2D eigenvalue weighted by molar-refractivity contribution is -0.137. The first-order chi connectivity index (χ1) is 17.1. The molecule has 1 N–H and O–H groups in total. The molecule has 0 saturated heterocycles. The summed E-state index contributed by atoms with van der Waals surface area (Å²) in [4.78, 5) is 18.9. The van der Waals surface area contributed by atoms with Crippen molar-refractivity contribution < 1.29 is 18.0 Å². The minimum atomic E-state index is -4.60. The van der Waals surface area contributed by atoms with Crippen molar-refractivity contribution in [1.82, 2.24) is 19.8 Å². The van der Waals surface area contributed by atoms with Crippen LogP contribution in [0.2, 0.25) is 0 Å². The van der Waals surface area contributed by atoms with Crippen LogP contribution in [0.25, 0.3) is 16.9 Å². The van der Waals surface area contributed by atoms with Gasteiger partial charge in [0.2, 0.25) is 0 Å². The highest BCUT2D eigenvalue weighted by Crippen LogP contribution is 2.38. The third kappa shape index (κ3) is 6.60. The third-order valence-electron chi connectivity index (χ3n) is 5.64. The zero-order valence-corrected chi connectivity index (χ0v) is 22.4. The number of hydrogen-bond acceptors (Lipinski definition) is 3. The maximum absolute atomic E-state index is 14.1. The summed E-state index contributed by atoms with van der Waals surface area (Å²) in [5, 5.41) is 3.01. The Labute approximate surface area is 227 Å². The average molecular weight is 594 g/mol. The first-order valence-corrected chi connectivity index (χ1v) is 11.9. The van der Waals surface area contributed by atoms with Gasteiger partial charge in [-0.2, -0.15) is 13.2 Å². The molecule has 0 fully saturated rings. The van der Waals surface area contributed by atoms with Gasteiger partial charge in [-0.3, -0.25) is 9.78 Å². The lowest BCUT2D eigenvalue weighted by atomic mass is 10.1. The van der Waals surface area contributed by atoms with Gasteiger partial charge in [-0.25, -0.2) is 0 Å². The Morgan fingerprint density at radius 2 is 1.70 bits per heavy atom. The molecular weight excluding hydrogens is 569 g/mol. The molecule has 4 aromatic rings. The second kappa shape index (κ2) is 11.9. The predicted molar refractivity (Wildman–Crippen MR) is 144 cm³/mol. The van der Waals surface area contributed by atoms with Gasteiger partial charge in [0.05, 0.1) is 29.2 Å². The van der Waals surface area contributed by atoms with Crippen molar-refractivity contribution >= 4 is 34.2 Å². The fourth-order valence-electron chi connectivity index (χ4n) is 4.05. The van der Waals surface area contributed by atoms with Gasteiger partial charge in [0.15, 0.2) is 0 Å². The van der Waals surface area contributed by atoms with Gasteiger partial charge in [-0.05, 0) is 62.1 Å². The number of nitrogens with one attached hydrogen (secondary N) is 1. The predicted octanol–water partition coefficient (Wildman–Crippen LogP) is 6.78. The van der Waals surface area contributed by atoms with Crippen molar-refractivity contribution in [3.63, 3.8) is 0 Å². The molecule has 0 aliphatic rings. The highest BCUT2D eigenvalue weighted by Gasteiger charge is 2.35.